The zero-order valence-electron chi connectivity index (χ0n) is 10.6. The standard InChI is InChI=1S/C13H14FN3O2/c1-7-5-8(3-4-9(7)14)10-6-16-12(17-10)11(15)13(18)19-2/h3-6,11H,15H2,1-2H3,(H,16,17). The van der Waals surface area contributed by atoms with Crippen molar-refractivity contribution in [3.05, 3.63) is 41.6 Å². The first-order valence-electron chi connectivity index (χ1n) is 5.67. The first kappa shape index (κ1) is 13.2. The molecule has 3 N–H and O–H groups in total. The maximum Gasteiger partial charge on any atom is 0.330 e. The molecular weight excluding hydrogens is 249 g/mol. The van der Waals surface area contributed by atoms with Crippen LogP contribution in [0.25, 0.3) is 11.3 Å². The monoisotopic (exact) mass is 263 g/mol. The number of nitrogens with one attached hydrogen (secondary N) is 1. The van der Waals surface area contributed by atoms with E-state index in [1.165, 1.54) is 13.2 Å². The number of esters is 1. The van der Waals surface area contributed by atoms with Crippen LogP contribution in [0.3, 0.4) is 0 Å². The number of aromatic nitrogens is 2. The number of carbonyl (C=O) groups is 1. The van der Waals surface area contributed by atoms with Crippen molar-refractivity contribution >= 4 is 5.97 Å². The number of aryl methyl sites for hydroxylation is 1. The van der Waals surface area contributed by atoms with Gasteiger partial charge in [-0.1, -0.05) is 0 Å². The van der Waals surface area contributed by atoms with Gasteiger partial charge in [0.15, 0.2) is 6.04 Å². The fourth-order valence-electron chi connectivity index (χ4n) is 1.69. The highest BCUT2D eigenvalue weighted by atomic mass is 19.1. The Kier molecular flexibility index (Phi) is 3.62. The number of imidazole rings is 1. The van der Waals surface area contributed by atoms with Crippen LogP contribution in [0.2, 0.25) is 0 Å². The van der Waals surface area contributed by atoms with Gasteiger partial charge in [-0.15, -0.1) is 0 Å². The summed E-state index contributed by atoms with van der Waals surface area (Å²) in [5.41, 5.74) is 7.64. The number of ether oxygens (including phenoxy) is 1. The Bertz CT molecular complexity index is 610. The molecule has 19 heavy (non-hydrogen) atoms. The minimum atomic E-state index is -0.958. The van der Waals surface area contributed by atoms with E-state index in [0.717, 1.165) is 5.56 Å². The lowest BCUT2D eigenvalue weighted by atomic mass is 10.1. The summed E-state index contributed by atoms with van der Waals surface area (Å²) in [6, 6.07) is 3.74. The van der Waals surface area contributed by atoms with Gasteiger partial charge in [0.05, 0.1) is 19.0 Å². The van der Waals surface area contributed by atoms with Crippen molar-refractivity contribution < 1.29 is 13.9 Å². The molecule has 0 radical (unpaired) electrons. The number of nitrogens with two attached hydrogens (primary N) is 1. The first-order valence-corrected chi connectivity index (χ1v) is 5.67. The largest absolute Gasteiger partial charge is 0.468 e. The van der Waals surface area contributed by atoms with Gasteiger partial charge < -0.3 is 15.5 Å². The third-order valence-corrected chi connectivity index (χ3v) is 2.81. The van der Waals surface area contributed by atoms with Crippen LogP contribution >= 0.6 is 0 Å². The maximum absolute atomic E-state index is 13.2. The molecule has 0 amide bonds. The molecule has 0 aliphatic heterocycles. The van der Waals surface area contributed by atoms with Gasteiger partial charge in [0.2, 0.25) is 0 Å². The second kappa shape index (κ2) is 5.19. The summed E-state index contributed by atoms with van der Waals surface area (Å²) in [4.78, 5) is 18.3. The Morgan fingerprint density at radius 3 is 2.89 bits per heavy atom. The molecule has 0 fully saturated rings. The fraction of sp³-hybridized carbons (Fsp3) is 0.231. The summed E-state index contributed by atoms with van der Waals surface area (Å²) in [6.07, 6.45) is 1.55. The van der Waals surface area contributed by atoms with Crippen molar-refractivity contribution in [3.8, 4) is 11.3 Å². The Hall–Kier alpha value is -2.21. The lowest BCUT2D eigenvalue weighted by Gasteiger charge is -2.05. The van der Waals surface area contributed by atoms with Crippen LogP contribution in [0.4, 0.5) is 4.39 Å². The highest BCUT2D eigenvalue weighted by Gasteiger charge is 2.19. The van der Waals surface area contributed by atoms with Gasteiger partial charge in [-0.2, -0.15) is 0 Å². The SMILES string of the molecule is COC(=O)C(N)c1ncc(-c2ccc(F)c(C)c2)[nH]1. The predicted octanol–water partition coefficient (Wildman–Crippen LogP) is 1.70. The van der Waals surface area contributed by atoms with Gasteiger partial charge in [0.25, 0.3) is 0 Å². The zero-order valence-corrected chi connectivity index (χ0v) is 10.6. The molecule has 0 bridgehead atoms. The Labute approximate surface area is 109 Å². The smallest absolute Gasteiger partial charge is 0.330 e. The number of halogens is 1. The molecule has 2 rings (SSSR count). The second-order valence-electron chi connectivity index (χ2n) is 4.15. The van der Waals surface area contributed by atoms with Crippen LogP contribution in [-0.4, -0.2) is 23.0 Å². The van der Waals surface area contributed by atoms with Crippen molar-refractivity contribution in [2.75, 3.05) is 7.11 Å². The number of aromatic amines is 1. The first-order chi connectivity index (χ1) is 9.02. The number of methoxy groups -OCH3 is 1. The molecule has 0 aliphatic carbocycles. The summed E-state index contributed by atoms with van der Waals surface area (Å²) >= 11 is 0. The minimum absolute atomic E-state index is 0.269. The highest BCUT2D eigenvalue weighted by molar-refractivity contribution is 5.76. The van der Waals surface area contributed by atoms with E-state index in [1.807, 2.05) is 0 Å². The van der Waals surface area contributed by atoms with E-state index in [1.54, 1.807) is 25.3 Å². The highest BCUT2D eigenvalue weighted by Crippen LogP contribution is 2.21. The van der Waals surface area contributed by atoms with Gasteiger partial charge in [0, 0.05) is 5.56 Å². The Morgan fingerprint density at radius 1 is 1.53 bits per heavy atom. The van der Waals surface area contributed by atoms with E-state index in [0.29, 0.717) is 17.1 Å². The number of hydrogen-bond acceptors (Lipinski definition) is 4. The second-order valence-corrected chi connectivity index (χ2v) is 4.15. The summed E-state index contributed by atoms with van der Waals surface area (Å²) < 4.78 is 17.7. The normalized spacial score (nSPS) is 12.2. The van der Waals surface area contributed by atoms with E-state index in [9.17, 15) is 9.18 Å². The van der Waals surface area contributed by atoms with Crippen molar-refractivity contribution in [2.45, 2.75) is 13.0 Å². The van der Waals surface area contributed by atoms with E-state index in [2.05, 4.69) is 14.7 Å². The Balaban J connectivity index is 2.30. The third-order valence-electron chi connectivity index (χ3n) is 2.81. The summed E-state index contributed by atoms with van der Waals surface area (Å²) in [5.74, 6) is -0.533. The molecule has 0 saturated heterocycles. The summed E-state index contributed by atoms with van der Waals surface area (Å²) in [7, 11) is 1.26. The van der Waals surface area contributed by atoms with E-state index < -0.39 is 12.0 Å². The number of H-pyrrole nitrogens is 1. The topological polar surface area (TPSA) is 81.0 Å². The average Bonchev–Trinajstić information content (AvgIpc) is 2.89. The predicted molar refractivity (Wildman–Crippen MR) is 67.7 cm³/mol. The van der Waals surface area contributed by atoms with E-state index in [4.69, 9.17) is 5.73 Å². The van der Waals surface area contributed by atoms with Crippen molar-refractivity contribution in [1.29, 1.82) is 0 Å². The number of benzene rings is 1. The van der Waals surface area contributed by atoms with Gasteiger partial charge in [-0.25, -0.2) is 14.2 Å². The molecule has 1 heterocycles. The van der Waals surface area contributed by atoms with Crippen molar-refractivity contribution in [3.63, 3.8) is 0 Å². The third kappa shape index (κ3) is 2.63. The van der Waals surface area contributed by atoms with Crippen LogP contribution in [-0.2, 0) is 9.53 Å². The molecule has 5 nitrogen and oxygen atoms in total. The summed E-state index contributed by atoms with van der Waals surface area (Å²) in [5, 5.41) is 0. The minimum Gasteiger partial charge on any atom is -0.468 e. The molecule has 6 heteroatoms. The Morgan fingerprint density at radius 2 is 2.26 bits per heavy atom. The molecule has 1 aromatic heterocycles. The van der Waals surface area contributed by atoms with E-state index in [-0.39, 0.29) is 5.82 Å². The van der Waals surface area contributed by atoms with Crippen molar-refractivity contribution in [1.82, 2.24) is 9.97 Å². The number of rotatable bonds is 3. The zero-order chi connectivity index (χ0) is 14.0. The average molecular weight is 263 g/mol. The fourth-order valence-corrected chi connectivity index (χ4v) is 1.69. The lowest BCUT2D eigenvalue weighted by molar-refractivity contribution is -0.142. The van der Waals surface area contributed by atoms with Crippen LogP contribution < -0.4 is 5.73 Å². The van der Waals surface area contributed by atoms with Crippen LogP contribution in [0.5, 0.6) is 0 Å². The van der Waals surface area contributed by atoms with Gasteiger partial charge in [0.1, 0.15) is 11.6 Å². The molecule has 0 spiro atoms. The van der Waals surface area contributed by atoms with Crippen molar-refractivity contribution in [2.24, 2.45) is 5.73 Å². The quantitative estimate of drug-likeness (QED) is 0.826. The van der Waals surface area contributed by atoms with Gasteiger partial charge in [-0.05, 0) is 30.7 Å². The van der Waals surface area contributed by atoms with E-state index >= 15 is 0 Å². The number of nitrogens with zero attached hydrogens (tertiary/aromatic N) is 1. The number of carbonyl (C=O) groups excluding carboxylic acids is 1. The van der Waals surface area contributed by atoms with Gasteiger partial charge in [-0.3, -0.25) is 0 Å². The molecule has 1 atom stereocenters. The lowest BCUT2D eigenvalue weighted by Crippen LogP contribution is -2.23. The summed E-state index contributed by atoms with van der Waals surface area (Å²) in [6.45, 7) is 1.68. The molecule has 0 aliphatic rings. The molecular formula is C13H14FN3O2. The molecule has 100 valence electrons. The molecule has 1 aromatic carbocycles. The number of hydrogen-bond donors (Lipinski definition) is 2. The van der Waals surface area contributed by atoms with Gasteiger partial charge >= 0.3 is 5.97 Å². The van der Waals surface area contributed by atoms with Crippen LogP contribution in [0, 0.1) is 12.7 Å². The molecule has 2 aromatic rings. The van der Waals surface area contributed by atoms with Crippen LogP contribution in [0.15, 0.2) is 24.4 Å². The molecule has 0 saturated carbocycles. The maximum atomic E-state index is 13.2. The van der Waals surface area contributed by atoms with Crippen LogP contribution in [0.1, 0.15) is 17.4 Å². The molecule has 1 unspecified atom stereocenters.